The van der Waals surface area contributed by atoms with Gasteiger partial charge in [-0.1, -0.05) is 18.6 Å². The summed E-state index contributed by atoms with van der Waals surface area (Å²) in [4.78, 5) is 4.17. The highest BCUT2D eigenvalue weighted by molar-refractivity contribution is 7.93. The van der Waals surface area contributed by atoms with Gasteiger partial charge in [-0.15, -0.1) is 0 Å². The first kappa shape index (κ1) is 17.6. The van der Waals surface area contributed by atoms with Gasteiger partial charge in [-0.2, -0.15) is 9.62 Å². The fourth-order valence-electron chi connectivity index (χ4n) is 3.69. The molecule has 2 N–H and O–H groups in total. The van der Waals surface area contributed by atoms with Gasteiger partial charge in [-0.3, -0.25) is 0 Å². The fourth-order valence-corrected chi connectivity index (χ4v) is 5.89. The molecule has 2 aromatic heterocycles. The van der Waals surface area contributed by atoms with E-state index < -0.39 is 9.73 Å². The largest absolute Gasteiger partial charge is 0.383 e. The van der Waals surface area contributed by atoms with E-state index >= 15 is 0 Å². The van der Waals surface area contributed by atoms with Crippen molar-refractivity contribution >= 4 is 32.1 Å². The maximum absolute atomic E-state index is 12.8. The van der Waals surface area contributed by atoms with Crippen LogP contribution in [0.4, 0.5) is 11.5 Å². The maximum Gasteiger partial charge on any atom is 0.133 e. The third-order valence-electron chi connectivity index (χ3n) is 5.02. The Kier molecular flexibility index (Phi) is 4.36. The number of hydrogen-bond donors (Lipinski definition) is 1. The van der Waals surface area contributed by atoms with Gasteiger partial charge in [0.25, 0.3) is 0 Å². The number of aromatic nitrogens is 2. The number of nitriles is 1. The molecule has 0 atom stereocenters. The monoisotopic (exact) mass is 379 g/mol. The highest BCUT2D eigenvalue weighted by Crippen LogP contribution is 2.35. The number of nitrogens with zero attached hydrogens (tertiary/aromatic N) is 4. The summed E-state index contributed by atoms with van der Waals surface area (Å²) >= 11 is 0. The molecule has 1 fully saturated rings. The summed E-state index contributed by atoms with van der Waals surface area (Å²) in [6, 6.07) is 9.88. The van der Waals surface area contributed by atoms with Gasteiger partial charge in [0, 0.05) is 36.5 Å². The molecular formula is C20H21N5OS. The number of fused-ring (bicyclic) bond motifs is 1. The lowest BCUT2D eigenvalue weighted by Gasteiger charge is -2.15. The van der Waals surface area contributed by atoms with E-state index in [4.69, 9.17) is 5.73 Å². The normalized spacial score (nSPS) is 16.1. The minimum atomic E-state index is -2.11. The van der Waals surface area contributed by atoms with E-state index in [0.717, 1.165) is 47.0 Å². The molecule has 1 aromatic carbocycles. The van der Waals surface area contributed by atoms with E-state index in [1.807, 2.05) is 42.1 Å². The highest BCUT2D eigenvalue weighted by atomic mass is 32.2. The van der Waals surface area contributed by atoms with Crippen LogP contribution in [0.3, 0.4) is 0 Å². The first-order valence-electron chi connectivity index (χ1n) is 8.97. The van der Waals surface area contributed by atoms with Crippen molar-refractivity contribution in [3.8, 4) is 17.2 Å². The number of pyridine rings is 1. The summed E-state index contributed by atoms with van der Waals surface area (Å²) in [6.07, 6.45) is 6.59. The lowest BCUT2D eigenvalue weighted by atomic mass is 10.0. The number of nitrogen functional groups attached to an aromatic ring is 1. The molecule has 3 aromatic rings. The van der Waals surface area contributed by atoms with Crippen molar-refractivity contribution < 1.29 is 4.21 Å². The molecule has 4 rings (SSSR count). The van der Waals surface area contributed by atoms with Crippen molar-refractivity contribution in [2.75, 3.05) is 17.2 Å². The second-order valence-corrected chi connectivity index (χ2v) is 9.47. The molecule has 1 aliphatic rings. The second-order valence-electron chi connectivity index (χ2n) is 6.93. The minimum absolute atomic E-state index is 0.401. The molecule has 3 heterocycles. The number of rotatable bonds is 2. The highest BCUT2D eigenvalue weighted by Gasteiger charge is 2.17. The number of hydrogen-bond acceptors (Lipinski definition) is 5. The van der Waals surface area contributed by atoms with Crippen LogP contribution in [-0.4, -0.2) is 25.3 Å². The molecule has 0 amide bonds. The molecule has 1 aliphatic heterocycles. The van der Waals surface area contributed by atoms with Crippen LogP contribution < -0.4 is 5.73 Å². The van der Waals surface area contributed by atoms with E-state index in [-0.39, 0.29) is 0 Å². The predicted molar refractivity (Wildman–Crippen MR) is 109 cm³/mol. The summed E-state index contributed by atoms with van der Waals surface area (Å²) < 4.78 is 19.2. The third kappa shape index (κ3) is 3.17. The quantitative estimate of drug-likeness (QED) is 0.728. The van der Waals surface area contributed by atoms with Crippen molar-refractivity contribution in [2.24, 2.45) is 11.4 Å². The van der Waals surface area contributed by atoms with Gasteiger partial charge in [0.2, 0.25) is 0 Å². The van der Waals surface area contributed by atoms with Crippen LogP contribution >= 0.6 is 0 Å². The average molecular weight is 379 g/mol. The molecule has 0 aliphatic carbocycles. The molecule has 138 valence electrons. The van der Waals surface area contributed by atoms with Crippen molar-refractivity contribution in [3.05, 3.63) is 42.2 Å². The third-order valence-corrected chi connectivity index (χ3v) is 7.42. The Labute approximate surface area is 158 Å². The Hall–Kier alpha value is -2.85. The molecular weight excluding hydrogens is 358 g/mol. The number of aryl methyl sites for hydroxylation is 1. The van der Waals surface area contributed by atoms with Crippen LogP contribution in [0.25, 0.3) is 22.0 Å². The summed E-state index contributed by atoms with van der Waals surface area (Å²) in [5.74, 6) is 1.78. The Morgan fingerprint density at radius 2 is 1.93 bits per heavy atom. The van der Waals surface area contributed by atoms with Gasteiger partial charge < -0.3 is 10.3 Å². The topological polar surface area (TPSA) is 97.1 Å². The number of nitrogens with two attached hydrogens (primary N) is 1. The zero-order valence-electron chi connectivity index (χ0n) is 15.2. The molecule has 0 radical (unpaired) electrons. The van der Waals surface area contributed by atoms with Gasteiger partial charge in [0.15, 0.2) is 0 Å². The molecule has 0 spiro atoms. The summed E-state index contributed by atoms with van der Waals surface area (Å²) in [7, 11) is -0.220. The molecule has 1 saturated heterocycles. The lowest BCUT2D eigenvalue weighted by molar-refractivity contribution is 0.650. The van der Waals surface area contributed by atoms with Crippen LogP contribution in [0.15, 0.2) is 41.0 Å². The first-order valence-corrected chi connectivity index (χ1v) is 10.8. The standard InChI is InChI=1S/C20H21N5OS/c1-25-13-17(18-19(25)15(11-21)12-23-20(18)22)14-5-7-16(8-6-14)24-27(26)9-3-2-4-10-27/h5-8,12-13H,2-4,9-10H2,1H3,(H2,22,23). The summed E-state index contributed by atoms with van der Waals surface area (Å²) in [5.41, 5.74) is 10.0. The van der Waals surface area contributed by atoms with Crippen molar-refractivity contribution in [2.45, 2.75) is 19.3 Å². The number of anilines is 1. The summed E-state index contributed by atoms with van der Waals surface area (Å²) in [5, 5.41) is 10.1. The number of benzene rings is 1. The van der Waals surface area contributed by atoms with Crippen molar-refractivity contribution in [1.82, 2.24) is 9.55 Å². The molecule has 6 nitrogen and oxygen atoms in total. The molecule has 0 unspecified atom stereocenters. The molecule has 0 saturated carbocycles. The minimum Gasteiger partial charge on any atom is -0.383 e. The maximum atomic E-state index is 12.8. The summed E-state index contributed by atoms with van der Waals surface area (Å²) in [6.45, 7) is 0. The first-order chi connectivity index (χ1) is 13.0. The van der Waals surface area contributed by atoms with Gasteiger partial charge >= 0.3 is 0 Å². The zero-order chi connectivity index (χ0) is 19.0. The van der Waals surface area contributed by atoms with E-state index in [2.05, 4.69) is 15.4 Å². The van der Waals surface area contributed by atoms with Gasteiger partial charge in [-0.25, -0.2) is 9.19 Å². The van der Waals surface area contributed by atoms with E-state index in [1.54, 1.807) is 0 Å². The van der Waals surface area contributed by atoms with Gasteiger partial charge in [0.05, 0.1) is 31.9 Å². The Morgan fingerprint density at radius 3 is 2.59 bits per heavy atom. The smallest absolute Gasteiger partial charge is 0.133 e. The van der Waals surface area contributed by atoms with Crippen LogP contribution in [0, 0.1) is 11.3 Å². The van der Waals surface area contributed by atoms with E-state index in [9.17, 15) is 9.47 Å². The van der Waals surface area contributed by atoms with Crippen molar-refractivity contribution in [3.63, 3.8) is 0 Å². The van der Waals surface area contributed by atoms with Gasteiger partial charge in [-0.05, 0) is 30.5 Å². The van der Waals surface area contributed by atoms with Crippen LogP contribution in [-0.2, 0) is 16.8 Å². The average Bonchev–Trinajstić information content (AvgIpc) is 3.02. The Morgan fingerprint density at radius 1 is 1.22 bits per heavy atom. The van der Waals surface area contributed by atoms with Gasteiger partial charge in [0.1, 0.15) is 11.9 Å². The predicted octanol–water partition coefficient (Wildman–Crippen LogP) is 3.98. The van der Waals surface area contributed by atoms with Crippen molar-refractivity contribution in [1.29, 1.82) is 5.26 Å². The molecule has 27 heavy (non-hydrogen) atoms. The SMILES string of the molecule is Cn1cc(-c2ccc(N=S3(=O)CCCCC3)cc2)c2c(N)ncc(C#N)c21. The van der Waals surface area contributed by atoms with E-state index in [0.29, 0.717) is 22.9 Å². The second kappa shape index (κ2) is 6.71. The van der Waals surface area contributed by atoms with Crippen LogP contribution in [0.1, 0.15) is 24.8 Å². The Bertz CT molecular complexity index is 1170. The zero-order valence-corrected chi connectivity index (χ0v) is 16.0. The van der Waals surface area contributed by atoms with Crippen LogP contribution in [0.2, 0.25) is 0 Å². The van der Waals surface area contributed by atoms with E-state index in [1.165, 1.54) is 6.20 Å². The molecule has 7 heteroatoms. The van der Waals surface area contributed by atoms with Crippen LogP contribution in [0.5, 0.6) is 0 Å². The molecule has 0 bridgehead atoms. The Balaban J connectivity index is 1.79. The fraction of sp³-hybridized carbons (Fsp3) is 0.300. The lowest BCUT2D eigenvalue weighted by Crippen LogP contribution is -2.15.